The number of thioether (sulfide) groups is 1. The Morgan fingerprint density at radius 1 is 1.44 bits per heavy atom. The largest absolute Gasteiger partial charge is 0.377 e. The molecule has 0 spiro atoms. The molecular formula is C12H13NOS2. The van der Waals surface area contributed by atoms with E-state index in [2.05, 4.69) is 23.2 Å². The van der Waals surface area contributed by atoms with Crippen LogP contribution in [0.1, 0.15) is 12.8 Å². The number of thiazole rings is 1. The van der Waals surface area contributed by atoms with Gasteiger partial charge in [0.1, 0.15) is 0 Å². The van der Waals surface area contributed by atoms with E-state index in [0.717, 1.165) is 15.6 Å². The molecule has 1 aliphatic carbocycles. The van der Waals surface area contributed by atoms with Crippen molar-refractivity contribution in [2.45, 2.75) is 22.8 Å². The molecule has 1 aromatic heterocycles. The first-order valence-corrected chi connectivity index (χ1v) is 7.15. The van der Waals surface area contributed by atoms with Gasteiger partial charge in [0.15, 0.2) is 4.34 Å². The zero-order chi connectivity index (χ0) is 11.0. The summed E-state index contributed by atoms with van der Waals surface area (Å²) in [6.07, 6.45) is 2.39. The number of benzene rings is 1. The molecular weight excluding hydrogens is 238 g/mol. The predicted molar refractivity (Wildman–Crippen MR) is 69.3 cm³/mol. The van der Waals surface area contributed by atoms with Gasteiger partial charge in [0.25, 0.3) is 0 Å². The molecule has 16 heavy (non-hydrogen) atoms. The first-order chi connectivity index (χ1) is 7.81. The number of para-hydroxylation sites is 1. The van der Waals surface area contributed by atoms with E-state index < -0.39 is 0 Å². The number of hydrogen-bond acceptors (Lipinski definition) is 4. The topological polar surface area (TPSA) is 22.1 Å². The predicted octanol–water partition coefficient (Wildman–Crippen LogP) is 3.57. The second kappa shape index (κ2) is 4.02. The van der Waals surface area contributed by atoms with Gasteiger partial charge < -0.3 is 4.74 Å². The molecule has 2 aromatic rings. The third-order valence-corrected chi connectivity index (χ3v) is 5.42. The van der Waals surface area contributed by atoms with Crippen LogP contribution in [0.4, 0.5) is 0 Å². The van der Waals surface area contributed by atoms with E-state index in [-0.39, 0.29) is 5.60 Å². The smallest absolute Gasteiger partial charge is 0.151 e. The number of hydrogen-bond donors (Lipinski definition) is 0. The van der Waals surface area contributed by atoms with E-state index in [9.17, 15) is 0 Å². The summed E-state index contributed by atoms with van der Waals surface area (Å²) in [5, 5.41) is 0. The Kier molecular flexibility index (Phi) is 2.65. The Morgan fingerprint density at radius 2 is 2.25 bits per heavy atom. The van der Waals surface area contributed by atoms with Gasteiger partial charge in [0.05, 0.1) is 15.8 Å². The van der Waals surface area contributed by atoms with E-state index >= 15 is 0 Å². The number of ether oxygens (including phenoxy) is 1. The van der Waals surface area contributed by atoms with Crippen molar-refractivity contribution in [2.24, 2.45) is 0 Å². The average Bonchev–Trinajstić information content (AvgIpc) is 2.98. The van der Waals surface area contributed by atoms with Crippen LogP contribution >= 0.6 is 23.1 Å². The summed E-state index contributed by atoms with van der Waals surface area (Å²) in [4.78, 5) is 4.60. The van der Waals surface area contributed by atoms with Crippen molar-refractivity contribution < 1.29 is 4.74 Å². The van der Waals surface area contributed by atoms with E-state index in [1.807, 2.05) is 24.9 Å². The van der Waals surface area contributed by atoms with Crippen LogP contribution in [0.2, 0.25) is 0 Å². The van der Waals surface area contributed by atoms with E-state index in [1.165, 1.54) is 17.5 Å². The summed E-state index contributed by atoms with van der Waals surface area (Å²) in [5.41, 5.74) is 1.26. The van der Waals surface area contributed by atoms with Crippen LogP contribution in [0, 0.1) is 0 Å². The van der Waals surface area contributed by atoms with Crippen molar-refractivity contribution in [2.75, 3.05) is 12.9 Å². The molecule has 1 heterocycles. The lowest BCUT2D eigenvalue weighted by Crippen LogP contribution is -2.14. The van der Waals surface area contributed by atoms with Gasteiger partial charge in [-0.15, -0.1) is 11.3 Å². The highest BCUT2D eigenvalue weighted by Gasteiger charge is 2.43. The van der Waals surface area contributed by atoms with Crippen LogP contribution in [0.15, 0.2) is 28.6 Å². The first-order valence-electron chi connectivity index (χ1n) is 5.35. The number of fused-ring (bicyclic) bond motifs is 1. The molecule has 1 aliphatic rings. The quantitative estimate of drug-likeness (QED) is 0.776. The maximum absolute atomic E-state index is 5.50. The maximum Gasteiger partial charge on any atom is 0.151 e. The van der Waals surface area contributed by atoms with Gasteiger partial charge in [-0.1, -0.05) is 23.9 Å². The lowest BCUT2D eigenvalue weighted by molar-refractivity contribution is 0.101. The van der Waals surface area contributed by atoms with Crippen molar-refractivity contribution in [3.63, 3.8) is 0 Å². The molecule has 1 aromatic carbocycles. The van der Waals surface area contributed by atoms with E-state index in [4.69, 9.17) is 4.74 Å². The summed E-state index contributed by atoms with van der Waals surface area (Å²) in [6.45, 7) is 0. The Labute approximate surface area is 103 Å². The fourth-order valence-corrected chi connectivity index (χ4v) is 3.99. The molecule has 2 nitrogen and oxygen atoms in total. The number of methoxy groups -OCH3 is 1. The van der Waals surface area contributed by atoms with Crippen LogP contribution in [0.25, 0.3) is 10.2 Å². The highest BCUT2D eigenvalue weighted by molar-refractivity contribution is 8.01. The Balaban J connectivity index is 1.74. The van der Waals surface area contributed by atoms with Crippen LogP contribution in [0.3, 0.4) is 0 Å². The minimum absolute atomic E-state index is 0.155. The SMILES string of the molecule is COC1(CSc2nc3ccccc3s2)CC1. The molecule has 0 amide bonds. The standard InChI is InChI=1S/C12H13NOS2/c1-14-12(6-7-12)8-15-11-13-9-4-2-3-5-10(9)16-11/h2-5H,6-8H2,1H3. The molecule has 0 saturated heterocycles. The van der Waals surface area contributed by atoms with E-state index in [0.29, 0.717) is 0 Å². The number of aromatic nitrogens is 1. The van der Waals surface area contributed by atoms with Crippen LogP contribution in [-0.2, 0) is 4.74 Å². The fourth-order valence-electron chi connectivity index (χ4n) is 1.65. The Hall–Kier alpha value is -0.580. The molecule has 0 aliphatic heterocycles. The highest BCUT2D eigenvalue weighted by atomic mass is 32.2. The third kappa shape index (κ3) is 1.97. The summed E-state index contributed by atoms with van der Waals surface area (Å²) in [5.74, 6) is 1.03. The van der Waals surface area contributed by atoms with Gasteiger partial charge in [-0.3, -0.25) is 0 Å². The molecule has 0 radical (unpaired) electrons. The Morgan fingerprint density at radius 3 is 2.94 bits per heavy atom. The van der Waals surface area contributed by atoms with Crippen LogP contribution in [0.5, 0.6) is 0 Å². The van der Waals surface area contributed by atoms with Crippen LogP contribution in [-0.4, -0.2) is 23.4 Å². The number of rotatable bonds is 4. The van der Waals surface area contributed by atoms with Crippen molar-refractivity contribution in [3.8, 4) is 0 Å². The summed E-state index contributed by atoms with van der Waals surface area (Å²) < 4.78 is 7.93. The van der Waals surface area contributed by atoms with E-state index in [1.54, 1.807) is 11.3 Å². The summed E-state index contributed by atoms with van der Waals surface area (Å²) in [6, 6.07) is 8.29. The highest BCUT2D eigenvalue weighted by Crippen LogP contribution is 2.44. The minimum atomic E-state index is 0.155. The van der Waals surface area contributed by atoms with Gasteiger partial charge in [0.2, 0.25) is 0 Å². The monoisotopic (exact) mass is 251 g/mol. The van der Waals surface area contributed by atoms with Crippen LogP contribution < -0.4 is 0 Å². The van der Waals surface area contributed by atoms with Gasteiger partial charge in [0, 0.05) is 12.9 Å². The van der Waals surface area contributed by atoms with Gasteiger partial charge in [-0.05, 0) is 25.0 Å². The summed E-state index contributed by atoms with van der Waals surface area (Å²) in [7, 11) is 1.81. The lowest BCUT2D eigenvalue weighted by atomic mass is 10.3. The van der Waals surface area contributed by atoms with Crippen molar-refractivity contribution in [1.82, 2.24) is 4.98 Å². The van der Waals surface area contributed by atoms with Crippen molar-refractivity contribution >= 4 is 33.3 Å². The second-order valence-electron chi connectivity index (χ2n) is 4.12. The van der Waals surface area contributed by atoms with Gasteiger partial charge in [-0.2, -0.15) is 0 Å². The third-order valence-electron chi connectivity index (χ3n) is 2.97. The molecule has 0 unspecified atom stereocenters. The maximum atomic E-state index is 5.50. The fraction of sp³-hybridized carbons (Fsp3) is 0.417. The zero-order valence-corrected chi connectivity index (χ0v) is 10.7. The second-order valence-corrected chi connectivity index (χ2v) is 6.38. The van der Waals surface area contributed by atoms with Crippen molar-refractivity contribution in [3.05, 3.63) is 24.3 Å². The Bertz CT molecular complexity index is 471. The van der Waals surface area contributed by atoms with Gasteiger partial charge >= 0.3 is 0 Å². The van der Waals surface area contributed by atoms with Crippen molar-refractivity contribution in [1.29, 1.82) is 0 Å². The zero-order valence-electron chi connectivity index (χ0n) is 9.10. The normalized spacial score (nSPS) is 17.8. The summed E-state index contributed by atoms with van der Waals surface area (Å²) >= 11 is 3.60. The minimum Gasteiger partial charge on any atom is -0.377 e. The molecule has 84 valence electrons. The average molecular weight is 251 g/mol. The van der Waals surface area contributed by atoms with Gasteiger partial charge in [-0.25, -0.2) is 4.98 Å². The molecule has 0 bridgehead atoms. The molecule has 0 N–H and O–H groups in total. The first kappa shape index (κ1) is 10.6. The number of nitrogens with zero attached hydrogens (tertiary/aromatic N) is 1. The molecule has 1 saturated carbocycles. The molecule has 3 rings (SSSR count). The molecule has 0 atom stereocenters. The lowest BCUT2D eigenvalue weighted by Gasteiger charge is -2.10. The molecule has 4 heteroatoms. The molecule has 1 fully saturated rings.